The third kappa shape index (κ3) is 14.6. The molecule has 0 aromatic heterocycles. The molecule has 2 amide bonds. The van der Waals surface area contributed by atoms with Crippen LogP contribution in [0.5, 0.6) is 0 Å². The highest BCUT2D eigenvalue weighted by atomic mass is 16.5. The molecule has 0 aliphatic heterocycles. The van der Waals surface area contributed by atoms with E-state index in [9.17, 15) is 9.59 Å². The third-order valence-corrected chi connectivity index (χ3v) is 2.88. The van der Waals surface area contributed by atoms with E-state index in [4.69, 9.17) is 9.84 Å². The minimum Gasteiger partial charge on any atom is -0.465 e. The standard InChI is InChI=1S/C14H28N2O4/c1-2-3-4-9-12-20-14(19)16-11-8-6-5-7-10-15-13(17)18/h15H,2-12H2,1H3,(H,16,19)(H,17,18). The Balaban J connectivity index is 3.17. The SMILES string of the molecule is CCCCCCOC(=O)NCCCCCCNC(=O)O. The van der Waals surface area contributed by atoms with Gasteiger partial charge in [-0.05, 0) is 19.3 Å². The van der Waals surface area contributed by atoms with Crippen molar-refractivity contribution in [1.82, 2.24) is 10.6 Å². The predicted octanol–water partition coefficient (Wildman–Crippen LogP) is 3.12. The van der Waals surface area contributed by atoms with Crippen molar-refractivity contribution in [3.8, 4) is 0 Å². The van der Waals surface area contributed by atoms with Gasteiger partial charge < -0.3 is 20.5 Å². The summed E-state index contributed by atoms with van der Waals surface area (Å²) in [6.07, 6.45) is 6.71. The molecule has 0 bridgehead atoms. The summed E-state index contributed by atoms with van der Waals surface area (Å²) in [6.45, 7) is 3.74. The van der Waals surface area contributed by atoms with Gasteiger partial charge in [0.1, 0.15) is 0 Å². The van der Waals surface area contributed by atoms with Gasteiger partial charge in [0.25, 0.3) is 0 Å². The van der Waals surface area contributed by atoms with Crippen LogP contribution in [0.3, 0.4) is 0 Å². The van der Waals surface area contributed by atoms with Gasteiger partial charge in [-0.1, -0.05) is 39.0 Å². The van der Waals surface area contributed by atoms with E-state index in [1.54, 1.807) is 0 Å². The van der Waals surface area contributed by atoms with E-state index in [0.29, 0.717) is 19.7 Å². The maximum Gasteiger partial charge on any atom is 0.407 e. The summed E-state index contributed by atoms with van der Waals surface area (Å²) in [5.74, 6) is 0. The van der Waals surface area contributed by atoms with E-state index >= 15 is 0 Å². The zero-order chi connectivity index (χ0) is 15.1. The number of amides is 2. The lowest BCUT2D eigenvalue weighted by Crippen LogP contribution is -2.25. The lowest BCUT2D eigenvalue weighted by Gasteiger charge is -2.07. The molecule has 0 saturated carbocycles. The summed E-state index contributed by atoms with van der Waals surface area (Å²) in [5, 5.41) is 13.4. The van der Waals surface area contributed by atoms with Crippen molar-refractivity contribution >= 4 is 12.2 Å². The van der Waals surface area contributed by atoms with Crippen LogP contribution in [0.1, 0.15) is 58.3 Å². The molecule has 0 fully saturated rings. The van der Waals surface area contributed by atoms with Gasteiger partial charge in [0.2, 0.25) is 0 Å². The summed E-state index contributed by atoms with van der Waals surface area (Å²) in [7, 11) is 0. The smallest absolute Gasteiger partial charge is 0.407 e. The number of alkyl carbamates (subject to hydrolysis) is 1. The Bertz CT molecular complexity index is 260. The van der Waals surface area contributed by atoms with Crippen LogP contribution < -0.4 is 10.6 Å². The minimum absolute atomic E-state index is 0.339. The van der Waals surface area contributed by atoms with Crippen LogP contribution in [0.2, 0.25) is 0 Å². The van der Waals surface area contributed by atoms with E-state index in [0.717, 1.165) is 38.5 Å². The highest BCUT2D eigenvalue weighted by Gasteiger charge is 2.00. The van der Waals surface area contributed by atoms with Gasteiger partial charge in [0, 0.05) is 13.1 Å². The molecular formula is C14H28N2O4. The monoisotopic (exact) mass is 288 g/mol. The number of carbonyl (C=O) groups is 2. The highest BCUT2D eigenvalue weighted by Crippen LogP contribution is 2.00. The molecule has 0 aliphatic rings. The third-order valence-electron chi connectivity index (χ3n) is 2.88. The molecule has 0 unspecified atom stereocenters. The largest absolute Gasteiger partial charge is 0.465 e. The normalized spacial score (nSPS) is 10.1. The van der Waals surface area contributed by atoms with Crippen LogP contribution in [0.4, 0.5) is 9.59 Å². The van der Waals surface area contributed by atoms with E-state index < -0.39 is 6.09 Å². The Kier molecular flexibility index (Phi) is 12.9. The van der Waals surface area contributed by atoms with Crippen LogP contribution >= 0.6 is 0 Å². The molecule has 20 heavy (non-hydrogen) atoms. The van der Waals surface area contributed by atoms with Crippen molar-refractivity contribution in [2.24, 2.45) is 0 Å². The van der Waals surface area contributed by atoms with Gasteiger partial charge in [0.15, 0.2) is 0 Å². The Morgan fingerprint density at radius 1 is 0.900 bits per heavy atom. The average Bonchev–Trinajstić information content (AvgIpc) is 2.41. The molecule has 118 valence electrons. The van der Waals surface area contributed by atoms with Crippen molar-refractivity contribution in [3.05, 3.63) is 0 Å². The second-order valence-electron chi connectivity index (χ2n) is 4.77. The first kappa shape index (κ1) is 18.5. The maximum atomic E-state index is 11.3. The summed E-state index contributed by atoms with van der Waals surface area (Å²) in [6, 6.07) is 0. The Morgan fingerprint density at radius 2 is 1.50 bits per heavy atom. The molecule has 0 aromatic rings. The summed E-state index contributed by atoms with van der Waals surface area (Å²) in [5.41, 5.74) is 0. The molecule has 0 rings (SSSR count). The number of nitrogens with one attached hydrogen (secondary N) is 2. The van der Waals surface area contributed by atoms with Crippen molar-refractivity contribution in [2.45, 2.75) is 58.3 Å². The number of carboxylic acid groups (broad SMARTS) is 1. The van der Waals surface area contributed by atoms with Crippen molar-refractivity contribution < 1.29 is 19.4 Å². The van der Waals surface area contributed by atoms with E-state index in [-0.39, 0.29) is 6.09 Å². The fourth-order valence-corrected chi connectivity index (χ4v) is 1.73. The molecular weight excluding hydrogens is 260 g/mol. The average molecular weight is 288 g/mol. The van der Waals surface area contributed by atoms with Crippen LogP contribution in [0, 0.1) is 0 Å². The van der Waals surface area contributed by atoms with Gasteiger partial charge in [-0.25, -0.2) is 9.59 Å². The first-order valence-electron chi connectivity index (χ1n) is 7.54. The number of hydrogen-bond acceptors (Lipinski definition) is 3. The summed E-state index contributed by atoms with van der Waals surface area (Å²) in [4.78, 5) is 21.5. The van der Waals surface area contributed by atoms with E-state index in [1.165, 1.54) is 12.8 Å². The minimum atomic E-state index is -0.978. The van der Waals surface area contributed by atoms with Gasteiger partial charge in [-0.15, -0.1) is 0 Å². The quantitative estimate of drug-likeness (QED) is 0.481. The second-order valence-corrected chi connectivity index (χ2v) is 4.77. The predicted molar refractivity (Wildman–Crippen MR) is 78.0 cm³/mol. The lowest BCUT2D eigenvalue weighted by atomic mass is 10.2. The van der Waals surface area contributed by atoms with Crippen LogP contribution in [0.25, 0.3) is 0 Å². The molecule has 0 saturated heterocycles. The van der Waals surface area contributed by atoms with Crippen molar-refractivity contribution in [1.29, 1.82) is 0 Å². The van der Waals surface area contributed by atoms with Crippen molar-refractivity contribution in [2.75, 3.05) is 19.7 Å². The fraction of sp³-hybridized carbons (Fsp3) is 0.857. The number of hydrogen-bond donors (Lipinski definition) is 3. The first-order valence-corrected chi connectivity index (χ1v) is 7.54. The lowest BCUT2D eigenvalue weighted by molar-refractivity contribution is 0.143. The number of ether oxygens (including phenoxy) is 1. The first-order chi connectivity index (χ1) is 9.66. The number of carbonyl (C=O) groups excluding carboxylic acids is 1. The molecule has 0 aromatic carbocycles. The molecule has 6 heteroatoms. The van der Waals surface area contributed by atoms with Gasteiger partial charge in [-0.2, -0.15) is 0 Å². The molecule has 0 aliphatic carbocycles. The molecule has 0 spiro atoms. The maximum absolute atomic E-state index is 11.3. The molecule has 0 heterocycles. The fourth-order valence-electron chi connectivity index (χ4n) is 1.73. The number of unbranched alkanes of at least 4 members (excludes halogenated alkanes) is 6. The van der Waals surface area contributed by atoms with Crippen LogP contribution in [-0.4, -0.2) is 37.0 Å². The second kappa shape index (κ2) is 14.0. The van der Waals surface area contributed by atoms with Crippen LogP contribution in [-0.2, 0) is 4.74 Å². The number of rotatable bonds is 12. The Morgan fingerprint density at radius 3 is 2.10 bits per heavy atom. The summed E-state index contributed by atoms with van der Waals surface area (Å²) < 4.78 is 5.03. The molecule has 0 atom stereocenters. The van der Waals surface area contributed by atoms with Crippen molar-refractivity contribution in [3.63, 3.8) is 0 Å². The summed E-state index contributed by atoms with van der Waals surface area (Å²) >= 11 is 0. The molecule has 3 N–H and O–H groups in total. The highest BCUT2D eigenvalue weighted by molar-refractivity contribution is 5.66. The van der Waals surface area contributed by atoms with Crippen LogP contribution in [0.15, 0.2) is 0 Å². The zero-order valence-electron chi connectivity index (χ0n) is 12.5. The van der Waals surface area contributed by atoms with E-state index in [2.05, 4.69) is 17.6 Å². The molecule has 0 radical (unpaired) electrons. The zero-order valence-corrected chi connectivity index (χ0v) is 12.5. The van der Waals surface area contributed by atoms with E-state index in [1.807, 2.05) is 0 Å². The Labute approximate surface area is 121 Å². The van der Waals surface area contributed by atoms with Gasteiger partial charge >= 0.3 is 12.2 Å². The van der Waals surface area contributed by atoms with Gasteiger partial charge in [-0.3, -0.25) is 0 Å². The Hall–Kier alpha value is -1.46. The van der Waals surface area contributed by atoms with Gasteiger partial charge in [0.05, 0.1) is 6.61 Å². The molecule has 6 nitrogen and oxygen atoms in total. The topological polar surface area (TPSA) is 87.7 Å².